The Morgan fingerprint density at radius 2 is 1.92 bits per heavy atom. The van der Waals surface area contributed by atoms with Crippen LogP contribution < -0.4 is 0 Å². The second kappa shape index (κ2) is 7.75. The quantitative estimate of drug-likeness (QED) is 0.459. The van der Waals surface area contributed by atoms with Crippen LogP contribution in [0.1, 0.15) is 42.1 Å². The van der Waals surface area contributed by atoms with Crippen molar-refractivity contribution in [2.75, 3.05) is 0 Å². The number of hydrogen-bond donors (Lipinski definition) is 2. The Morgan fingerprint density at radius 1 is 1.12 bits per heavy atom. The van der Waals surface area contributed by atoms with E-state index in [9.17, 15) is 9.90 Å². The Labute approximate surface area is 146 Å². The molecule has 2 N–H and O–H groups in total. The summed E-state index contributed by atoms with van der Waals surface area (Å²) in [5, 5.41) is 18.6. The van der Waals surface area contributed by atoms with Gasteiger partial charge in [-0.05, 0) is 36.6 Å². The highest BCUT2D eigenvalue weighted by atomic mass is 16.3. The first-order chi connectivity index (χ1) is 12.2. The van der Waals surface area contributed by atoms with Gasteiger partial charge in [0.1, 0.15) is 0 Å². The fraction of sp³-hybridized carbons (Fsp3) is 0.250. The lowest BCUT2D eigenvalue weighted by Gasteiger charge is -2.00. The SMILES string of the molecule is CCCCCc1ccc2c(N=NC(=O)c3ccccc3)c(O)[nH]c2c1. The number of aryl methyl sites for hydroxylation is 1. The molecule has 0 atom stereocenters. The largest absolute Gasteiger partial charge is 0.493 e. The number of aromatic hydroxyl groups is 1. The van der Waals surface area contributed by atoms with Crippen LogP contribution in [-0.4, -0.2) is 16.0 Å². The van der Waals surface area contributed by atoms with Gasteiger partial charge < -0.3 is 10.1 Å². The molecule has 0 radical (unpaired) electrons. The molecule has 0 aliphatic carbocycles. The van der Waals surface area contributed by atoms with Crippen LogP contribution in [-0.2, 0) is 6.42 Å². The molecule has 0 saturated carbocycles. The second-order valence-corrected chi connectivity index (χ2v) is 6.03. The highest BCUT2D eigenvalue weighted by molar-refractivity contribution is 5.97. The van der Waals surface area contributed by atoms with E-state index in [0.717, 1.165) is 23.7 Å². The first kappa shape index (κ1) is 16.9. The maximum atomic E-state index is 12.0. The number of hydrogen-bond acceptors (Lipinski definition) is 3. The van der Waals surface area contributed by atoms with Crippen LogP contribution in [0.4, 0.5) is 5.69 Å². The molecule has 0 unspecified atom stereocenters. The predicted molar refractivity (Wildman–Crippen MR) is 98.5 cm³/mol. The molecule has 2 aromatic carbocycles. The van der Waals surface area contributed by atoms with Gasteiger partial charge in [-0.25, -0.2) is 0 Å². The third-order valence-corrected chi connectivity index (χ3v) is 4.15. The van der Waals surface area contributed by atoms with Gasteiger partial charge in [0.25, 0.3) is 5.91 Å². The van der Waals surface area contributed by atoms with E-state index in [1.807, 2.05) is 24.3 Å². The molecule has 1 amide bonds. The highest BCUT2D eigenvalue weighted by Gasteiger charge is 2.12. The van der Waals surface area contributed by atoms with E-state index in [4.69, 9.17) is 0 Å². The van der Waals surface area contributed by atoms with E-state index in [1.54, 1.807) is 24.3 Å². The predicted octanol–water partition coefficient (Wildman–Crippen LogP) is 5.53. The van der Waals surface area contributed by atoms with Crippen molar-refractivity contribution in [3.8, 4) is 5.88 Å². The summed E-state index contributed by atoms with van der Waals surface area (Å²) >= 11 is 0. The molecule has 3 aromatic rings. The summed E-state index contributed by atoms with van der Waals surface area (Å²) in [6, 6.07) is 14.7. The number of H-pyrrole nitrogens is 1. The van der Waals surface area contributed by atoms with Crippen molar-refractivity contribution in [2.24, 2.45) is 10.2 Å². The van der Waals surface area contributed by atoms with Gasteiger partial charge in [0.15, 0.2) is 5.69 Å². The van der Waals surface area contributed by atoms with Crippen LogP contribution in [0.3, 0.4) is 0 Å². The lowest BCUT2D eigenvalue weighted by Crippen LogP contribution is -1.91. The summed E-state index contributed by atoms with van der Waals surface area (Å²) < 4.78 is 0. The summed E-state index contributed by atoms with van der Waals surface area (Å²) in [6.07, 6.45) is 4.54. The number of aromatic amines is 1. The molecule has 1 heterocycles. The normalized spacial score (nSPS) is 11.4. The van der Waals surface area contributed by atoms with Crippen molar-refractivity contribution in [3.63, 3.8) is 0 Å². The Morgan fingerprint density at radius 3 is 2.68 bits per heavy atom. The Kier molecular flexibility index (Phi) is 5.23. The number of carbonyl (C=O) groups is 1. The van der Waals surface area contributed by atoms with Crippen LogP contribution >= 0.6 is 0 Å². The Hall–Kier alpha value is -2.95. The van der Waals surface area contributed by atoms with E-state index in [2.05, 4.69) is 22.1 Å². The topological polar surface area (TPSA) is 77.8 Å². The van der Waals surface area contributed by atoms with Crippen molar-refractivity contribution >= 4 is 22.5 Å². The third kappa shape index (κ3) is 3.94. The minimum atomic E-state index is -0.439. The average molecular weight is 335 g/mol. The summed E-state index contributed by atoms with van der Waals surface area (Å²) in [7, 11) is 0. The average Bonchev–Trinajstić information content (AvgIpc) is 2.95. The number of aromatic nitrogens is 1. The van der Waals surface area contributed by atoms with Crippen LogP contribution in [0.15, 0.2) is 58.8 Å². The van der Waals surface area contributed by atoms with Gasteiger partial charge in [0.05, 0.1) is 5.52 Å². The van der Waals surface area contributed by atoms with Crippen LogP contribution in [0.2, 0.25) is 0 Å². The zero-order valence-corrected chi connectivity index (χ0v) is 14.2. The number of benzene rings is 2. The van der Waals surface area contributed by atoms with Crippen LogP contribution in [0.5, 0.6) is 5.88 Å². The van der Waals surface area contributed by atoms with Crippen LogP contribution in [0, 0.1) is 0 Å². The van der Waals surface area contributed by atoms with Crippen molar-refractivity contribution in [1.29, 1.82) is 0 Å². The van der Waals surface area contributed by atoms with Gasteiger partial charge in [-0.3, -0.25) is 4.79 Å². The van der Waals surface area contributed by atoms with E-state index in [-0.39, 0.29) is 5.88 Å². The molecule has 3 rings (SSSR count). The van der Waals surface area contributed by atoms with E-state index in [0.29, 0.717) is 11.3 Å². The molecule has 5 nitrogen and oxygen atoms in total. The number of fused-ring (bicyclic) bond motifs is 1. The molecule has 0 bridgehead atoms. The van der Waals surface area contributed by atoms with Crippen molar-refractivity contribution in [3.05, 3.63) is 59.7 Å². The number of nitrogens with zero attached hydrogens (tertiary/aromatic N) is 2. The van der Waals surface area contributed by atoms with Gasteiger partial charge >= 0.3 is 0 Å². The molecule has 25 heavy (non-hydrogen) atoms. The minimum absolute atomic E-state index is 0.0784. The van der Waals surface area contributed by atoms with Gasteiger partial charge in [-0.15, -0.1) is 10.2 Å². The molecule has 5 heteroatoms. The van der Waals surface area contributed by atoms with E-state index in [1.165, 1.54) is 18.4 Å². The van der Waals surface area contributed by atoms with Gasteiger partial charge in [0, 0.05) is 10.9 Å². The maximum Gasteiger partial charge on any atom is 0.295 e. The molecule has 128 valence electrons. The Balaban J connectivity index is 1.83. The lowest BCUT2D eigenvalue weighted by molar-refractivity contribution is 0.0995. The third-order valence-electron chi connectivity index (χ3n) is 4.15. The molecule has 1 aromatic heterocycles. The maximum absolute atomic E-state index is 12.0. The number of carbonyl (C=O) groups excluding carboxylic acids is 1. The second-order valence-electron chi connectivity index (χ2n) is 6.03. The number of unbranched alkanes of at least 4 members (excludes halogenated alkanes) is 2. The zero-order chi connectivity index (χ0) is 17.6. The van der Waals surface area contributed by atoms with Crippen molar-refractivity contribution in [2.45, 2.75) is 32.6 Å². The van der Waals surface area contributed by atoms with Crippen LogP contribution in [0.25, 0.3) is 10.9 Å². The molecular weight excluding hydrogens is 314 g/mol. The molecule has 0 fully saturated rings. The van der Waals surface area contributed by atoms with Gasteiger partial charge in [-0.1, -0.05) is 50.1 Å². The van der Waals surface area contributed by atoms with Gasteiger partial charge in [0.2, 0.25) is 5.88 Å². The summed E-state index contributed by atoms with van der Waals surface area (Å²) in [5.74, 6) is -0.518. The summed E-state index contributed by atoms with van der Waals surface area (Å²) in [6.45, 7) is 2.18. The number of amides is 1. The minimum Gasteiger partial charge on any atom is -0.493 e. The summed E-state index contributed by atoms with van der Waals surface area (Å²) in [4.78, 5) is 14.9. The van der Waals surface area contributed by atoms with E-state index < -0.39 is 5.91 Å². The van der Waals surface area contributed by atoms with Gasteiger partial charge in [-0.2, -0.15) is 0 Å². The standard InChI is InChI=1S/C20H21N3O2/c1-2-3-5-8-14-11-12-16-17(13-14)21-20(25)18(16)22-23-19(24)15-9-6-4-7-10-15/h4,6-7,9-13,21,25H,2-3,5,8H2,1H3. The first-order valence-corrected chi connectivity index (χ1v) is 8.53. The molecule has 0 aliphatic heterocycles. The van der Waals surface area contributed by atoms with E-state index >= 15 is 0 Å². The fourth-order valence-corrected chi connectivity index (χ4v) is 2.79. The first-order valence-electron chi connectivity index (χ1n) is 8.53. The Bertz CT molecular complexity index is 898. The molecule has 0 aliphatic rings. The number of rotatable bonds is 6. The summed E-state index contributed by atoms with van der Waals surface area (Å²) in [5.41, 5.74) is 2.77. The molecule has 0 spiro atoms. The number of azo groups is 1. The number of nitrogens with one attached hydrogen (secondary N) is 1. The van der Waals surface area contributed by atoms with Crippen molar-refractivity contribution < 1.29 is 9.90 Å². The van der Waals surface area contributed by atoms with Crippen molar-refractivity contribution in [1.82, 2.24) is 4.98 Å². The fourth-order valence-electron chi connectivity index (χ4n) is 2.79. The molecular formula is C20H21N3O2. The lowest BCUT2D eigenvalue weighted by atomic mass is 10.1. The zero-order valence-electron chi connectivity index (χ0n) is 14.2. The highest BCUT2D eigenvalue weighted by Crippen LogP contribution is 2.36. The smallest absolute Gasteiger partial charge is 0.295 e. The molecule has 0 saturated heterocycles. The monoisotopic (exact) mass is 335 g/mol.